The lowest BCUT2D eigenvalue weighted by Crippen LogP contribution is -1.89. The monoisotopic (exact) mass is 195 g/mol. The molecule has 0 unspecified atom stereocenters. The van der Waals surface area contributed by atoms with Gasteiger partial charge in [0.1, 0.15) is 0 Å². The molecule has 0 spiro atoms. The molecule has 2 aromatic heterocycles. The molecule has 5 nitrogen and oxygen atoms in total. The number of nitrogen functional groups attached to an aromatic ring is 1. The van der Waals surface area contributed by atoms with Gasteiger partial charge in [-0.15, -0.1) is 21.5 Å². The number of aryl methyl sites for hydroxylation is 1. The van der Waals surface area contributed by atoms with Crippen LogP contribution in [0.4, 0.5) is 16.9 Å². The van der Waals surface area contributed by atoms with Crippen molar-refractivity contribution >= 4 is 28.2 Å². The van der Waals surface area contributed by atoms with E-state index in [1.165, 1.54) is 4.88 Å². The fourth-order valence-electron chi connectivity index (χ4n) is 0.950. The summed E-state index contributed by atoms with van der Waals surface area (Å²) in [5, 5.41) is 11.5. The lowest BCUT2D eigenvalue weighted by atomic mass is 10.5. The van der Waals surface area contributed by atoms with Gasteiger partial charge in [0.15, 0.2) is 0 Å². The zero-order chi connectivity index (χ0) is 9.26. The SMILES string of the molecule is Cc1ccc(Nc2nnc(N)[nH]2)s1. The van der Waals surface area contributed by atoms with Gasteiger partial charge in [0.25, 0.3) is 0 Å². The lowest BCUT2D eigenvalue weighted by Gasteiger charge is -1.94. The van der Waals surface area contributed by atoms with Crippen LogP contribution < -0.4 is 11.1 Å². The van der Waals surface area contributed by atoms with E-state index in [-0.39, 0.29) is 0 Å². The van der Waals surface area contributed by atoms with E-state index >= 15 is 0 Å². The molecule has 0 bridgehead atoms. The number of rotatable bonds is 2. The number of nitrogens with two attached hydrogens (primary N) is 1. The van der Waals surface area contributed by atoms with E-state index in [1.807, 2.05) is 19.1 Å². The van der Waals surface area contributed by atoms with Crippen LogP contribution in [0.15, 0.2) is 12.1 Å². The summed E-state index contributed by atoms with van der Waals surface area (Å²) in [7, 11) is 0. The molecule has 0 aliphatic rings. The molecule has 0 aliphatic heterocycles. The van der Waals surface area contributed by atoms with Gasteiger partial charge in [-0.2, -0.15) is 0 Å². The molecule has 0 aliphatic carbocycles. The molecule has 0 saturated carbocycles. The number of nitrogens with one attached hydrogen (secondary N) is 2. The van der Waals surface area contributed by atoms with E-state index in [0.29, 0.717) is 11.9 Å². The molecule has 2 rings (SSSR count). The van der Waals surface area contributed by atoms with Crippen LogP contribution in [0.1, 0.15) is 4.88 Å². The van der Waals surface area contributed by atoms with Crippen molar-refractivity contribution in [2.24, 2.45) is 0 Å². The fraction of sp³-hybridized carbons (Fsp3) is 0.143. The summed E-state index contributed by atoms with van der Waals surface area (Å²) in [6.45, 7) is 2.05. The van der Waals surface area contributed by atoms with Gasteiger partial charge in [-0.25, -0.2) is 0 Å². The van der Waals surface area contributed by atoms with Crippen molar-refractivity contribution in [1.29, 1.82) is 0 Å². The molecule has 0 radical (unpaired) electrons. The summed E-state index contributed by atoms with van der Waals surface area (Å²) in [6, 6.07) is 4.02. The van der Waals surface area contributed by atoms with Crippen LogP contribution in [-0.4, -0.2) is 15.2 Å². The van der Waals surface area contributed by atoms with E-state index in [1.54, 1.807) is 11.3 Å². The third-order valence-corrected chi connectivity index (χ3v) is 2.40. The fourth-order valence-corrected chi connectivity index (χ4v) is 1.72. The first-order valence-electron chi connectivity index (χ1n) is 3.75. The lowest BCUT2D eigenvalue weighted by molar-refractivity contribution is 1.10. The van der Waals surface area contributed by atoms with Gasteiger partial charge in [-0.1, -0.05) is 0 Å². The molecule has 0 amide bonds. The number of hydrogen-bond acceptors (Lipinski definition) is 5. The van der Waals surface area contributed by atoms with Crippen molar-refractivity contribution in [3.8, 4) is 0 Å². The summed E-state index contributed by atoms with van der Waals surface area (Å²) in [5.41, 5.74) is 5.37. The molecule has 2 heterocycles. The maximum atomic E-state index is 5.37. The Balaban J connectivity index is 2.14. The highest BCUT2D eigenvalue weighted by atomic mass is 32.1. The van der Waals surface area contributed by atoms with Crippen LogP contribution in [0, 0.1) is 6.92 Å². The number of hydrogen-bond donors (Lipinski definition) is 3. The summed E-state index contributed by atoms with van der Waals surface area (Å²) in [6.07, 6.45) is 0. The average Bonchev–Trinajstić information content (AvgIpc) is 2.62. The predicted molar refractivity (Wildman–Crippen MR) is 53.1 cm³/mol. The topological polar surface area (TPSA) is 79.6 Å². The zero-order valence-corrected chi connectivity index (χ0v) is 7.85. The normalized spacial score (nSPS) is 10.2. The molecular formula is C7H9N5S. The number of anilines is 3. The van der Waals surface area contributed by atoms with Crippen LogP contribution in [0.5, 0.6) is 0 Å². The van der Waals surface area contributed by atoms with Gasteiger partial charge in [0, 0.05) is 4.88 Å². The van der Waals surface area contributed by atoms with Crippen molar-refractivity contribution in [1.82, 2.24) is 15.2 Å². The molecule has 4 N–H and O–H groups in total. The van der Waals surface area contributed by atoms with Crippen molar-refractivity contribution in [3.63, 3.8) is 0 Å². The zero-order valence-electron chi connectivity index (χ0n) is 7.03. The van der Waals surface area contributed by atoms with E-state index in [4.69, 9.17) is 5.73 Å². The van der Waals surface area contributed by atoms with Crippen LogP contribution in [-0.2, 0) is 0 Å². The van der Waals surface area contributed by atoms with E-state index in [0.717, 1.165) is 5.00 Å². The molecule has 0 fully saturated rings. The van der Waals surface area contributed by atoms with Crippen LogP contribution in [0.3, 0.4) is 0 Å². The van der Waals surface area contributed by atoms with E-state index < -0.39 is 0 Å². The smallest absolute Gasteiger partial charge is 0.228 e. The van der Waals surface area contributed by atoms with Gasteiger partial charge in [-0.3, -0.25) is 4.98 Å². The highest BCUT2D eigenvalue weighted by Crippen LogP contribution is 2.23. The molecule has 6 heteroatoms. The van der Waals surface area contributed by atoms with Gasteiger partial charge >= 0.3 is 0 Å². The Morgan fingerprint density at radius 1 is 1.46 bits per heavy atom. The summed E-state index contributed by atoms with van der Waals surface area (Å²) in [4.78, 5) is 4.03. The average molecular weight is 195 g/mol. The Labute approximate surface area is 79.0 Å². The van der Waals surface area contributed by atoms with Gasteiger partial charge in [0.05, 0.1) is 5.00 Å². The Bertz CT molecular complexity index is 366. The van der Waals surface area contributed by atoms with Gasteiger partial charge in [0.2, 0.25) is 11.9 Å². The van der Waals surface area contributed by atoms with Crippen molar-refractivity contribution in [3.05, 3.63) is 17.0 Å². The van der Waals surface area contributed by atoms with E-state index in [2.05, 4.69) is 20.5 Å². The largest absolute Gasteiger partial charge is 0.368 e. The summed E-state index contributed by atoms with van der Waals surface area (Å²) >= 11 is 1.65. The first-order chi connectivity index (χ1) is 6.24. The Morgan fingerprint density at radius 2 is 2.31 bits per heavy atom. The number of H-pyrrole nitrogens is 1. The standard InChI is InChI=1S/C7H9N5S/c1-4-2-3-5(13-4)9-7-10-6(8)11-12-7/h2-3H,1H3,(H4,8,9,10,11,12). The minimum Gasteiger partial charge on any atom is -0.368 e. The number of aromatic amines is 1. The number of nitrogens with zero attached hydrogens (tertiary/aromatic N) is 2. The maximum Gasteiger partial charge on any atom is 0.228 e. The molecule has 0 aromatic carbocycles. The van der Waals surface area contributed by atoms with Crippen LogP contribution in [0.25, 0.3) is 0 Å². The second kappa shape index (κ2) is 3.06. The molecule has 0 atom stereocenters. The second-order valence-electron chi connectivity index (χ2n) is 2.59. The van der Waals surface area contributed by atoms with Crippen molar-refractivity contribution in [2.45, 2.75) is 6.92 Å². The predicted octanol–water partition coefficient (Wildman–Crippen LogP) is 1.50. The van der Waals surface area contributed by atoms with Gasteiger partial charge < -0.3 is 11.1 Å². The van der Waals surface area contributed by atoms with Gasteiger partial charge in [-0.05, 0) is 19.1 Å². The number of thiophene rings is 1. The minimum absolute atomic E-state index is 0.316. The molecular weight excluding hydrogens is 186 g/mol. The molecule has 2 aromatic rings. The maximum absolute atomic E-state index is 5.37. The third kappa shape index (κ3) is 1.78. The minimum atomic E-state index is 0.316. The van der Waals surface area contributed by atoms with Crippen LogP contribution >= 0.6 is 11.3 Å². The number of aromatic nitrogens is 3. The Hall–Kier alpha value is -1.56. The molecule has 13 heavy (non-hydrogen) atoms. The molecule has 0 saturated heterocycles. The second-order valence-corrected chi connectivity index (χ2v) is 3.88. The van der Waals surface area contributed by atoms with Crippen molar-refractivity contribution in [2.75, 3.05) is 11.1 Å². The summed E-state index contributed by atoms with van der Waals surface area (Å²) < 4.78 is 0. The third-order valence-electron chi connectivity index (χ3n) is 1.49. The Morgan fingerprint density at radius 3 is 2.85 bits per heavy atom. The Kier molecular flexibility index (Phi) is 1.90. The first-order valence-corrected chi connectivity index (χ1v) is 4.57. The summed E-state index contributed by atoms with van der Waals surface area (Å²) in [5.74, 6) is 0.884. The van der Waals surface area contributed by atoms with Crippen LogP contribution in [0.2, 0.25) is 0 Å². The van der Waals surface area contributed by atoms with Crippen molar-refractivity contribution < 1.29 is 0 Å². The first kappa shape index (κ1) is 8.06. The molecule has 68 valence electrons. The quantitative estimate of drug-likeness (QED) is 0.678. The van der Waals surface area contributed by atoms with E-state index in [9.17, 15) is 0 Å². The highest BCUT2D eigenvalue weighted by Gasteiger charge is 2.00. The highest BCUT2D eigenvalue weighted by molar-refractivity contribution is 7.16.